The van der Waals surface area contributed by atoms with Crippen LogP contribution in [0.3, 0.4) is 0 Å². The molecule has 0 saturated heterocycles. The van der Waals surface area contributed by atoms with Crippen LogP contribution >= 0.6 is 7.92 Å². The summed E-state index contributed by atoms with van der Waals surface area (Å²) in [5.74, 6) is 0. The molecule has 0 unspecified atom stereocenters. The molecule has 0 aliphatic carbocycles. The molecule has 0 aliphatic heterocycles. The van der Waals surface area contributed by atoms with Crippen molar-refractivity contribution in [2.24, 2.45) is 0 Å². The van der Waals surface area contributed by atoms with Gasteiger partial charge in [0.25, 0.3) is 0 Å². The van der Waals surface area contributed by atoms with Gasteiger partial charge in [-0.1, -0.05) is 18.2 Å². The molecular weight excluding hydrogens is 360 g/mol. The Balaban J connectivity index is -0.000000101. The molecule has 0 amide bonds. The predicted molar refractivity (Wildman–Crippen MR) is 65.5 cm³/mol. The van der Waals surface area contributed by atoms with Gasteiger partial charge in [0.05, 0.1) is 18.6 Å². The van der Waals surface area contributed by atoms with Gasteiger partial charge < -0.3 is 22.3 Å². The molecule has 0 nitrogen and oxygen atoms in total. The van der Waals surface area contributed by atoms with E-state index in [2.05, 4.69) is 43.7 Å². The maximum atomic E-state index is 2.31. The fraction of sp³-hybridized carbons (Fsp3) is 0.182. The van der Waals surface area contributed by atoms with Crippen LogP contribution in [0, 0.1) is 22.3 Å². The zero-order valence-electron chi connectivity index (χ0n) is 9.19. The summed E-state index contributed by atoms with van der Waals surface area (Å²) in [6.07, 6.45) is 0. The monoisotopic (exact) mass is 381 g/mol. The van der Waals surface area contributed by atoms with Crippen molar-refractivity contribution in [3.05, 3.63) is 52.6 Å². The third-order valence-electron chi connectivity index (χ3n) is 1.35. The minimum absolute atomic E-state index is 0. The van der Waals surface area contributed by atoms with E-state index in [1.54, 1.807) is 0 Å². The van der Waals surface area contributed by atoms with Gasteiger partial charge in [-0.2, -0.15) is 0 Å². The van der Waals surface area contributed by atoms with E-state index in [9.17, 15) is 0 Å². The van der Waals surface area contributed by atoms with Gasteiger partial charge in [0, 0.05) is 7.92 Å². The smallest absolute Gasteiger partial charge is 0.358 e. The van der Waals surface area contributed by atoms with Crippen molar-refractivity contribution in [1.29, 1.82) is 0 Å². The summed E-state index contributed by atoms with van der Waals surface area (Å²) in [6.45, 7) is 4.61. The van der Waals surface area contributed by atoms with E-state index >= 15 is 0 Å². The van der Waals surface area contributed by atoms with Crippen LogP contribution in [-0.4, -0.2) is 13.3 Å². The molecule has 80 valence electrons. The second-order valence-corrected chi connectivity index (χ2v) is 4.94. The van der Waals surface area contributed by atoms with Gasteiger partial charge in [-0.15, -0.1) is 0 Å². The summed E-state index contributed by atoms with van der Waals surface area (Å²) in [5, 5.41) is 1.52. The molecule has 1 aromatic carbocycles. The molecule has 0 bridgehead atoms. The zero-order valence-corrected chi connectivity index (χ0v) is 12.4. The van der Waals surface area contributed by atoms with Gasteiger partial charge in [-0.25, -0.2) is 0 Å². The molecule has 0 heterocycles. The normalized spacial score (nSPS) is 7.00. The van der Waals surface area contributed by atoms with Crippen LogP contribution in [0.15, 0.2) is 30.3 Å². The van der Waals surface area contributed by atoms with Gasteiger partial charge in [0.2, 0.25) is 0 Å². The van der Waals surface area contributed by atoms with E-state index in [0.29, 0.717) is 0 Å². The number of rotatable bonds is 1. The van der Waals surface area contributed by atoms with Crippen LogP contribution in [0.1, 0.15) is 0 Å². The number of hydrogen-bond acceptors (Lipinski definition) is 0. The molecule has 0 aromatic heterocycles. The van der Waals surface area contributed by atoms with Crippen LogP contribution in [0.4, 0.5) is 0 Å². The molecule has 1 aromatic rings. The van der Waals surface area contributed by atoms with Crippen LogP contribution in [0.2, 0.25) is 0 Å². The van der Waals surface area contributed by atoms with Crippen LogP contribution in [0.25, 0.3) is 0 Å². The maximum Gasteiger partial charge on any atom is 3.00 e. The zero-order chi connectivity index (χ0) is 6.69. The van der Waals surface area contributed by atoms with Gasteiger partial charge in [-0.05, 0) is 12.1 Å². The van der Waals surface area contributed by atoms with E-state index in [4.69, 9.17) is 0 Å². The molecule has 0 N–H and O–H groups in total. The Hall–Kier alpha value is 0.390. The van der Waals surface area contributed by atoms with Crippen LogP contribution in [0.5, 0.6) is 0 Å². The first-order chi connectivity index (χ1) is 4.30. The molecule has 0 aliphatic rings. The third-order valence-corrected chi connectivity index (χ3v) is 2.84. The van der Waals surface area contributed by atoms with Gasteiger partial charge in [0.1, 0.15) is 0 Å². The Bertz CT molecular complexity index is 173. The average molecular weight is 381 g/mol. The quantitative estimate of drug-likeness (QED) is 0.399. The molecule has 0 saturated carbocycles. The summed E-state index contributed by atoms with van der Waals surface area (Å²) in [7, 11) is -0.212. The van der Waals surface area contributed by atoms with E-state index in [1.165, 1.54) is 5.30 Å². The molecule has 2 heteroatoms. The fourth-order valence-corrected chi connectivity index (χ4v) is 1.63. The summed E-state index contributed by atoms with van der Waals surface area (Å²) < 4.78 is 0. The first-order valence-electron chi connectivity index (χ1n) is 3.16. The fourth-order valence-electron chi connectivity index (χ4n) is 0.771. The van der Waals surface area contributed by atoms with Crippen molar-refractivity contribution in [1.82, 2.24) is 0 Å². The largest absolute Gasteiger partial charge is 3.00 e. The molecule has 0 spiro atoms. The molecule has 1 rings (SSSR count). The first-order valence-corrected chi connectivity index (χ1v) is 5.66. The van der Waals surface area contributed by atoms with Gasteiger partial charge in [0.15, 0.2) is 0 Å². The van der Waals surface area contributed by atoms with Crippen molar-refractivity contribution in [3.63, 3.8) is 0 Å². The second-order valence-electron chi connectivity index (χ2n) is 2.37. The van der Waals surface area contributed by atoms with Crippen molar-refractivity contribution >= 4 is 13.2 Å². The minimum atomic E-state index is -0.212. The third kappa shape index (κ3) is 8.71. The molecule has 0 atom stereocenters. The van der Waals surface area contributed by atoms with E-state index < -0.39 is 0 Å². The molecule has 0 fully saturated rings. The number of hydrogen-bond donors (Lipinski definition) is 0. The van der Waals surface area contributed by atoms with Gasteiger partial charge in [-0.3, -0.25) is 0 Å². The summed E-state index contributed by atoms with van der Waals surface area (Å²) in [4.78, 5) is 0. The van der Waals surface area contributed by atoms with E-state index in [-0.39, 0.29) is 52.6 Å². The van der Waals surface area contributed by atoms with E-state index in [0.717, 1.165) is 0 Å². The second kappa shape index (κ2) is 12.4. The van der Waals surface area contributed by atoms with Crippen molar-refractivity contribution < 1.29 is 22.4 Å². The maximum absolute atomic E-state index is 2.31. The van der Waals surface area contributed by atoms with E-state index in [1.807, 2.05) is 0 Å². The molecule has 13 heavy (non-hydrogen) atoms. The van der Waals surface area contributed by atoms with Crippen LogP contribution < -0.4 is 5.30 Å². The number of benzene rings is 1. The first kappa shape index (κ1) is 23.3. The van der Waals surface area contributed by atoms with Gasteiger partial charge >= 0.3 is 22.4 Å². The Morgan fingerprint density at radius 2 is 1.23 bits per heavy atom. The summed E-state index contributed by atoms with van der Waals surface area (Å²) in [5.41, 5.74) is 0. The topological polar surface area (TPSA) is 0 Å². The predicted octanol–water partition coefficient (Wildman–Crippen LogP) is 3.13. The Morgan fingerprint density at radius 1 is 0.846 bits per heavy atom. The minimum Gasteiger partial charge on any atom is -0.358 e. The standard InChI is InChI=1S/C8H11P.3CH3.Au/c1-9(2)8-6-4-3-5-7-8;;;;/h3-7H,1-2H3;3*1H3;/q;3*-1;+3/p+1. The average Bonchev–Trinajstić information content (AvgIpc) is 1.90. The summed E-state index contributed by atoms with van der Waals surface area (Å²) in [6, 6.07) is 10.7. The SMILES string of the molecule is C[PH+](C)c1ccccc1.[Au+3].[CH3-].[CH3-].[CH3-]. The van der Waals surface area contributed by atoms with Crippen molar-refractivity contribution in [2.45, 2.75) is 0 Å². The van der Waals surface area contributed by atoms with Crippen LogP contribution in [-0.2, 0) is 22.4 Å². The molecular formula is C11H21AuP+. The summed E-state index contributed by atoms with van der Waals surface area (Å²) >= 11 is 0. The molecule has 0 radical (unpaired) electrons. The Labute approximate surface area is 101 Å². The Morgan fingerprint density at radius 3 is 1.46 bits per heavy atom. The Kier molecular flexibility index (Phi) is 22.2. The van der Waals surface area contributed by atoms with Crippen molar-refractivity contribution in [2.75, 3.05) is 13.3 Å². The van der Waals surface area contributed by atoms with Crippen molar-refractivity contribution in [3.8, 4) is 0 Å².